The van der Waals surface area contributed by atoms with Crippen LogP contribution >= 0.6 is 31.9 Å². The summed E-state index contributed by atoms with van der Waals surface area (Å²) in [6.07, 6.45) is 0. The second kappa shape index (κ2) is 6.20. The van der Waals surface area contributed by atoms with Gasteiger partial charge in [-0.2, -0.15) is 0 Å². The second-order valence-electron chi connectivity index (χ2n) is 4.22. The van der Waals surface area contributed by atoms with Crippen LogP contribution in [0.5, 0.6) is 0 Å². The zero-order valence-corrected chi connectivity index (χ0v) is 14.0. The van der Waals surface area contributed by atoms with E-state index < -0.39 is 9.84 Å². The first-order chi connectivity index (χ1) is 8.98. The number of benzene rings is 2. The highest BCUT2D eigenvalue weighted by molar-refractivity contribution is 9.10. The first-order valence-electron chi connectivity index (χ1n) is 5.65. The van der Waals surface area contributed by atoms with E-state index in [0.29, 0.717) is 0 Å². The Hall–Kier alpha value is -0.650. The summed E-state index contributed by atoms with van der Waals surface area (Å²) in [6.45, 7) is 0. The molecule has 0 bridgehead atoms. The Kier molecular flexibility index (Phi) is 4.81. The molecule has 100 valence electrons. The van der Waals surface area contributed by atoms with Crippen LogP contribution in [0.1, 0.15) is 11.1 Å². The molecule has 0 aliphatic carbocycles. The van der Waals surface area contributed by atoms with Crippen molar-refractivity contribution in [1.29, 1.82) is 0 Å². The molecule has 0 aliphatic heterocycles. The quantitative estimate of drug-likeness (QED) is 0.761. The third-order valence-electron chi connectivity index (χ3n) is 2.67. The van der Waals surface area contributed by atoms with E-state index in [2.05, 4.69) is 31.9 Å². The van der Waals surface area contributed by atoms with Gasteiger partial charge in [-0.25, -0.2) is 8.42 Å². The first kappa shape index (κ1) is 14.8. The van der Waals surface area contributed by atoms with Crippen molar-refractivity contribution in [2.45, 2.75) is 11.5 Å². The molecule has 0 aliphatic rings. The molecule has 5 heteroatoms. The summed E-state index contributed by atoms with van der Waals surface area (Å²) < 4.78 is 26.1. The average molecular weight is 404 g/mol. The van der Waals surface area contributed by atoms with Crippen LogP contribution in [0.2, 0.25) is 0 Å². The van der Waals surface area contributed by atoms with Gasteiger partial charge in [0.25, 0.3) is 0 Å². The Morgan fingerprint density at radius 3 is 1.47 bits per heavy atom. The summed E-state index contributed by atoms with van der Waals surface area (Å²) >= 11 is 6.75. The Balaban J connectivity index is 2.21. The minimum absolute atomic E-state index is 0.0375. The van der Waals surface area contributed by atoms with Gasteiger partial charge in [0.1, 0.15) is 0 Å². The number of hydrogen-bond acceptors (Lipinski definition) is 2. The van der Waals surface area contributed by atoms with Crippen molar-refractivity contribution in [3.05, 3.63) is 68.6 Å². The summed E-state index contributed by atoms with van der Waals surface area (Å²) in [5.74, 6) is 0.0749. The third-order valence-corrected chi connectivity index (χ3v) is 5.72. The lowest BCUT2D eigenvalue weighted by molar-refractivity contribution is 0.594. The maximum Gasteiger partial charge on any atom is 0.158 e. The highest BCUT2D eigenvalue weighted by Crippen LogP contribution is 2.23. The molecule has 0 saturated carbocycles. The van der Waals surface area contributed by atoms with Crippen molar-refractivity contribution in [3.8, 4) is 0 Å². The molecule has 2 aromatic rings. The molecule has 0 fully saturated rings. The van der Waals surface area contributed by atoms with Gasteiger partial charge in [0.2, 0.25) is 0 Å². The van der Waals surface area contributed by atoms with Gasteiger partial charge in [-0.3, -0.25) is 0 Å². The van der Waals surface area contributed by atoms with E-state index in [1.54, 1.807) is 0 Å². The molecule has 0 amide bonds. The highest BCUT2D eigenvalue weighted by Gasteiger charge is 2.16. The third kappa shape index (κ3) is 4.16. The fraction of sp³-hybridized carbons (Fsp3) is 0.143. The molecule has 0 spiro atoms. The standard InChI is InChI=1S/C14H12Br2O2S/c15-13-7-3-1-5-11(13)9-19(17,18)10-12-6-2-4-8-14(12)16/h1-8H,9-10H2. The SMILES string of the molecule is O=S(=O)(Cc1ccccc1Br)Cc1ccccc1Br. The van der Waals surface area contributed by atoms with Crippen LogP contribution in [0.4, 0.5) is 0 Å². The Morgan fingerprint density at radius 1 is 0.737 bits per heavy atom. The summed E-state index contributed by atoms with van der Waals surface area (Å²) in [6, 6.07) is 14.8. The summed E-state index contributed by atoms with van der Waals surface area (Å²) in [5.41, 5.74) is 1.57. The van der Waals surface area contributed by atoms with Crippen molar-refractivity contribution in [2.75, 3.05) is 0 Å². The molecule has 0 atom stereocenters. The molecule has 0 N–H and O–H groups in total. The molecular formula is C14H12Br2O2S. The minimum Gasteiger partial charge on any atom is -0.228 e. The molecule has 0 unspecified atom stereocenters. The zero-order chi connectivity index (χ0) is 13.9. The number of hydrogen-bond donors (Lipinski definition) is 0. The summed E-state index contributed by atoms with van der Waals surface area (Å²) in [5, 5.41) is 0. The van der Waals surface area contributed by atoms with Crippen molar-refractivity contribution in [3.63, 3.8) is 0 Å². The van der Waals surface area contributed by atoms with Crippen LogP contribution in [-0.2, 0) is 21.3 Å². The van der Waals surface area contributed by atoms with E-state index in [0.717, 1.165) is 20.1 Å². The topological polar surface area (TPSA) is 34.1 Å². The van der Waals surface area contributed by atoms with Crippen LogP contribution in [0.25, 0.3) is 0 Å². The van der Waals surface area contributed by atoms with Gasteiger partial charge < -0.3 is 0 Å². The molecule has 0 saturated heterocycles. The molecule has 0 heterocycles. The van der Waals surface area contributed by atoms with Crippen molar-refractivity contribution < 1.29 is 8.42 Å². The normalized spacial score (nSPS) is 11.5. The van der Waals surface area contributed by atoms with Crippen molar-refractivity contribution in [1.82, 2.24) is 0 Å². The smallest absolute Gasteiger partial charge is 0.158 e. The van der Waals surface area contributed by atoms with Gasteiger partial charge in [-0.1, -0.05) is 68.3 Å². The monoisotopic (exact) mass is 402 g/mol. The first-order valence-corrected chi connectivity index (χ1v) is 9.06. The fourth-order valence-corrected chi connectivity index (χ4v) is 4.53. The van der Waals surface area contributed by atoms with Crippen molar-refractivity contribution >= 4 is 41.7 Å². The molecule has 2 rings (SSSR count). The Morgan fingerprint density at radius 2 is 1.11 bits per heavy atom. The van der Waals surface area contributed by atoms with E-state index in [-0.39, 0.29) is 11.5 Å². The van der Waals surface area contributed by atoms with E-state index in [1.165, 1.54) is 0 Å². The molecule has 0 aromatic heterocycles. The van der Waals surface area contributed by atoms with Crippen LogP contribution < -0.4 is 0 Å². The molecular weight excluding hydrogens is 392 g/mol. The largest absolute Gasteiger partial charge is 0.228 e. The summed E-state index contributed by atoms with van der Waals surface area (Å²) in [4.78, 5) is 0. The molecule has 19 heavy (non-hydrogen) atoms. The fourth-order valence-electron chi connectivity index (χ4n) is 1.76. The van der Waals surface area contributed by atoms with Crippen LogP contribution in [-0.4, -0.2) is 8.42 Å². The van der Waals surface area contributed by atoms with E-state index >= 15 is 0 Å². The zero-order valence-electron chi connectivity index (χ0n) is 10.0. The van der Waals surface area contributed by atoms with Gasteiger partial charge in [0.05, 0.1) is 11.5 Å². The van der Waals surface area contributed by atoms with E-state index in [9.17, 15) is 8.42 Å². The Labute approximate surface area is 130 Å². The predicted octanol–water partition coefficient (Wildman–Crippen LogP) is 4.33. The molecule has 2 aromatic carbocycles. The second-order valence-corrected chi connectivity index (χ2v) is 7.99. The predicted molar refractivity (Wildman–Crippen MR) is 84.6 cm³/mol. The van der Waals surface area contributed by atoms with Crippen molar-refractivity contribution in [2.24, 2.45) is 0 Å². The van der Waals surface area contributed by atoms with Crippen LogP contribution in [0.3, 0.4) is 0 Å². The van der Waals surface area contributed by atoms with Crippen LogP contribution in [0, 0.1) is 0 Å². The highest BCUT2D eigenvalue weighted by atomic mass is 79.9. The molecule has 2 nitrogen and oxygen atoms in total. The molecule has 0 radical (unpaired) electrons. The van der Waals surface area contributed by atoms with Gasteiger partial charge >= 0.3 is 0 Å². The lowest BCUT2D eigenvalue weighted by Crippen LogP contribution is -2.08. The lowest BCUT2D eigenvalue weighted by Gasteiger charge is -2.08. The van der Waals surface area contributed by atoms with E-state index in [1.807, 2.05) is 48.5 Å². The van der Waals surface area contributed by atoms with Crippen LogP contribution in [0.15, 0.2) is 57.5 Å². The maximum atomic E-state index is 12.2. The van der Waals surface area contributed by atoms with Gasteiger partial charge in [0, 0.05) is 8.95 Å². The van der Waals surface area contributed by atoms with Gasteiger partial charge in [-0.15, -0.1) is 0 Å². The summed E-state index contributed by atoms with van der Waals surface area (Å²) in [7, 11) is -3.19. The van der Waals surface area contributed by atoms with E-state index in [4.69, 9.17) is 0 Å². The number of rotatable bonds is 4. The average Bonchev–Trinajstić information content (AvgIpc) is 2.35. The number of halogens is 2. The number of sulfone groups is 1. The van der Waals surface area contributed by atoms with Gasteiger partial charge in [0.15, 0.2) is 9.84 Å². The van der Waals surface area contributed by atoms with Gasteiger partial charge in [-0.05, 0) is 23.3 Å². The lowest BCUT2D eigenvalue weighted by atomic mass is 10.2. The minimum atomic E-state index is -3.19. The Bertz CT molecular complexity index is 628. The maximum absolute atomic E-state index is 12.2.